The van der Waals surface area contributed by atoms with Crippen molar-refractivity contribution in [1.82, 2.24) is 15.1 Å². The van der Waals surface area contributed by atoms with E-state index in [4.69, 9.17) is 4.43 Å². The molecular weight excluding hydrogens is 617 g/mol. The molecule has 1 atom stereocenters. The third kappa shape index (κ3) is 7.16. The molecule has 47 heavy (non-hydrogen) atoms. The van der Waals surface area contributed by atoms with E-state index in [1.807, 2.05) is 30.5 Å². The standard InChI is InChI=1S/C39H45N4O2SSi/c1-26-21-36(41-42-37(26)34-16-17-35-33(38(34)44)18-20-46-35)40-29-9-8-19-43(25-29)24-27-22-30(23-27)45-47(31-10-6-5-7-11-31)32-14-12-28(13-15-32)39(2,3)4/h5-7,10-18,20-21,27,29-30,44H,8-9,19,22-25H2,1-4H3,(H,40,41)/t27?,29-,30?/m1/s1. The molecule has 7 rings (SSSR count). The lowest BCUT2D eigenvalue weighted by Crippen LogP contribution is -2.52. The summed E-state index contributed by atoms with van der Waals surface area (Å²) in [6.45, 7) is 12.1. The van der Waals surface area contributed by atoms with Gasteiger partial charge in [0.15, 0.2) is 0 Å². The maximum absolute atomic E-state index is 10.9. The van der Waals surface area contributed by atoms with Gasteiger partial charge >= 0.3 is 0 Å². The van der Waals surface area contributed by atoms with Crippen molar-refractivity contribution >= 4 is 46.7 Å². The van der Waals surface area contributed by atoms with Crippen molar-refractivity contribution in [3.63, 3.8) is 0 Å². The van der Waals surface area contributed by atoms with Crippen LogP contribution in [-0.4, -0.2) is 61.0 Å². The first kappa shape index (κ1) is 32.0. The summed E-state index contributed by atoms with van der Waals surface area (Å²) in [5.74, 6) is 1.76. The first-order valence-electron chi connectivity index (χ1n) is 16.9. The van der Waals surface area contributed by atoms with Crippen LogP contribution in [0.1, 0.15) is 57.6 Å². The first-order valence-corrected chi connectivity index (χ1v) is 19.2. The largest absolute Gasteiger partial charge is 0.507 e. The highest BCUT2D eigenvalue weighted by atomic mass is 32.1. The van der Waals surface area contributed by atoms with Gasteiger partial charge in [-0.3, -0.25) is 0 Å². The Morgan fingerprint density at radius 1 is 0.979 bits per heavy atom. The number of benzene rings is 3. The molecule has 1 saturated heterocycles. The summed E-state index contributed by atoms with van der Waals surface area (Å²) < 4.78 is 7.99. The lowest BCUT2D eigenvalue weighted by atomic mass is 9.82. The van der Waals surface area contributed by atoms with Crippen LogP contribution >= 0.6 is 11.3 Å². The van der Waals surface area contributed by atoms with Crippen molar-refractivity contribution in [2.75, 3.05) is 25.0 Å². The lowest BCUT2D eigenvalue weighted by molar-refractivity contribution is 0.0393. The number of nitrogens with zero attached hydrogens (tertiary/aromatic N) is 3. The molecule has 5 aromatic rings. The molecule has 0 spiro atoms. The number of nitrogens with one attached hydrogen (secondary N) is 1. The van der Waals surface area contributed by atoms with Crippen molar-refractivity contribution in [2.24, 2.45) is 5.92 Å². The van der Waals surface area contributed by atoms with E-state index in [0.29, 0.717) is 18.1 Å². The van der Waals surface area contributed by atoms with Gasteiger partial charge in [-0.2, -0.15) is 0 Å². The third-order valence-electron chi connectivity index (χ3n) is 9.75. The minimum Gasteiger partial charge on any atom is -0.507 e. The van der Waals surface area contributed by atoms with E-state index in [9.17, 15) is 5.11 Å². The van der Waals surface area contributed by atoms with E-state index in [-0.39, 0.29) is 11.2 Å². The van der Waals surface area contributed by atoms with E-state index in [0.717, 1.165) is 71.6 Å². The van der Waals surface area contributed by atoms with Crippen LogP contribution < -0.4 is 15.7 Å². The second kappa shape index (κ2) is 13.5. The van der Waals surface area contributed by atoms with Crippen LogP contribution in [0.5, 0.6) is 5.75 Å². The Kier molecular flexibility index (Phi) is 9.20. The van der Waals surface area contributed by atoms with Crippen molar-refractivity contribution in [3.05, 3.63) is 95.4 Å². The van der Waals surface area contributed by atoms with Gasteiger partial charge in [0, 0.05) is 40.9 Å². The molecule has 2 fully saturated rings. The van der Waals surface area contributed by atoms with E-state index < -0.39 is 9.04 Å². The number of piperidine rings is 1. The van der Waals surface area contributed by atoms with Gasteiger partial charge in [-0.05, 0) is 102 Å². The predicted octanol–water partition coefficient (Wildman–Crippen LogP) is 7.15. The number of aromatic hydroxyl groups is 1. The van der Waals surface area contributed by atoms with Crippen molar-refractivity contribution in [2.45, 2.75) is 70.9 Å². The van der Waals surface area contributed by atoms with Gasteiger partial charge in [-0.15, -0.1) is 21.5 Å². The monoisotopic (exact) mass is 661 g/mol. The number of hydrogen-bond donors (Lipinski definition) is 2. The van der Waals surface area contributed by atoms with Crippen LogP contribution in [0.2, 0.25) is 0 Å². The summed E-state index contributed by atoms with van der Waals surface area (Å²) >= 11 is 1.63. The van der Waals surface area contributed by atoms with Gasteiger partial charge in [-0.25, -0.2) is 0 Å². The maximum Gasteiger partial charge on any atom is 0.283 e. The smallest absolute Gasteiger partial charge is 0.283 e. The minimum atomic E-state index is -1.30. The number of aryl methyl sites for hydroxylation is 1. The van der Waals surface area contributed by atoms with Crippen LogP contribution in [0.15, 0.2) is 84.2 Å². The highest BCUT2D eigenvalue weighted by Crippen LogP contribution is 2.38. The molecule has 2 aromatic heterocycles. The topological polar surface area (TPSA) is 70.5 Å². The fraction of sp³-hybridized carbons (Fsp3) is 0.385. The Morgan fingerprint density at radius 2 is 1.74 bits per heavy atom. The highest BCUT2D eigenvalue weighted by molar-refractivity contribution is 7.17. The van der Waals surface area contributed by atoms with Crippen LogP contribution in [0.4, 0.5) is 5.82 Å². The van der Waals surface area contributed by atoms with Gasteiger partial charge in [0.25, 0.3) is 9.04 Å². The predicted molar refractivity (Wildman–Crippen MR) is 197 cm³/mol. The zero-order chi connectivity index (χ0) is 32.5. The van der Waals surface area contributed by atoms with E-state index in [1.54, 1.807) is 11.3 Å². The Labute approximate surface area is 284 Å². The van der Waals surface area contributed by atoms with E-state index in [1.165, 1.54) is 22.4 Å². The van der Waals surface area contributed by atoms with Crippen LogP contribution in [-0.2, 0) is 9.84 Å². The molecule has 1 aliphatic carbocycles. The highest BCUT2D eigenvalue weighted by Gasteiger charge is 2.35. The molecule has 3 aromatic carbocycles. The van der Waals surface area contributed by atoms with E-state index >= 15 is 0 Å². The van der Waals surface area contributed by atoms with Gasteiger partial charge in [0.1, 0.15) is 11.6 Å². The molecule has 3 heterocycles. The summed E-state index contributed by atoms with van der Waals surface area (Å²) in [4.78, 5) is 2.62. The maximum atomic E-state index is 10.9. The quantitative estimate of drug-likeness (QED) is 0.164. The normalized spacial score (nSPS) is 20.4. The number of likely N-dealkylation sites (tertiary alicyclic amines) is 1. The van der Waals surface area contributed by atoms with Crippen molar-refractivity contribution < 1.29 is 9.53 Å². The van der Waals surface area contributed by atoms with E-state index in [2.05, 4.69) is 102 Å². The number of aromatic nitrogens is 2. The Hall–Kier alpha value is -3.56. The molecule has 8 heteroatoms. The average molecular weight is 662 g/mol. The van der Waals surface area contributed by atoms with Gasteiger partial charge < -0.3 is 19.7 Å². The van der Waals surface area contributed by atoms with Crippen LogP contribution in [0, 0.1) is 12.8 Å². The second-order valence-electron chi connectivity index (χ2n) is 14.4. The third-order valence-corrected chi connectivity index (χ3v) is 12.9. The van der Waals surface area contributed by atoms with Crippen molar-refractivity contribution in [1.29, 1.82) is 0 Å². The number of anilines is 1. The molecule has 0 amide bonds. The molecule has 0 unspecified atom stereocenters. The number of fused-ring (bicyclic) bond motifs is 1. The summed E-state index contributed by atoms with van der Waals surface area (Å²) in [5.41, 5.74) is 3.97. The van der Waals surface area contributed by atoms with Gasteiger partial charge in [0.2, 0.25) is 0 Å². The van der Waals surface area contributed by atoms with Gasteiger partial charge in [0.05, 0.1) is 5.69 Å². The molecule has 2 aliphatic rings. The number of thiophene rings is 1. The molecular formula is C39H45N4O2SSi. The zero-order valence-electron chi connectivity index (χ0n) is 27.9. The average Bonchev–Trinajstić information content (AvgIpc) is 3.53. The van der Waals surface area contributed by atoms with Crippen molar-refractivity contribution in [3.8, 4) is 17.0 Å². The number of phenolic OH excluding ortho intramolecular Hbond substituents is 1. The van der Waals surface area contributed by atoms with Crippen LogP contribution in [0.25, 0.3) is 21.3 Å². The summed E-state index contributed by atoms with van der Waals surface area (Å²) in [5, 5.41) is 29.2. The minimum absolute atomic E-state index is 0.144. The Balaban J connectivity index is 0.937. The fourth-order valence-electron chi connectivity index (χ4n) is 7.06. The number of phenols is 1. The Morgan fingerprint density at radius 3 is 2.49 bits per heavy atom. The SMILES string of the molecule is Cc1cc(N[C@@H]2CCCN(CC3CC(O[Si](c4ccccc4)c4ccc(C(C)(C)C)cc4)C3)C2)nnc1-c1ccc2sccc2c1O. The molecule has 1 aliphatic heterocycles. The molecule has 2 N–H and O–H groups in total. The molecule has 243 valence electrons. The summed E-state index contributed by atoms with van der Waals surface area (Å²) in [6, 6.07) is 28.3. The van der Waals surface area contributed by atoms with Crippen LogP contribution in [0.3, 0.4) is 0 Å². The molecule has 1 radical (unpaired) electrons. The first-order chi connectivity index (χ1) is 22.7. The molecule has 0 bridgehead atoms. The molecule has 1 saturated carbocycles. The fourth-order valence-corrected chi connectivity index (χ4v) is 9.94. The molecule has 6 nitrogen and oxygen atoms in total. The Bertz CT molecular complexity index is 1820. The summed E-state index contributed by atoms with van der Waals surface area (Å²) in [7, 11) is -1.30. The zero-order valence-corrected chi connectivity index (χ0v) is 29.7. The summed E-state index contributed by atoms with van der Waals surface area (Å²) in [6.07, 6.45) is 4.89. The number of rotatable bonds is 9. The number of hydrogen-bond acceptors (Lipinski definition) is 7. The van der Waals surface area contributed by atoms with Gasteiger partial charge in [-0.1, -0.05) is 75.4 Å². The second-order valence-corrected chi connectivity index (χ2v) is 17.4. The lowest BCUT2D eigenvalue weighted by Gasteiger charge is -2.42.